The van der Waals surface area contributed by atoms with Crippen molar-refractivity contribution in [2.75, 3.05) is 12.5 Å². The van der Waals surface area contributed by atoms with E-state index < -0.39 is 28.3 Å². The summed E-state index contributed by atoms with van der Waals surface area (Å²) in [4.78, 5) is 22.7. The smallest absolute Gasteiger partial charge is 0.416 e. The molecular weight excluding hydrogens is 395 g/mol. The van der Waals surface area contributed by atoms with Crippen LogP contribution >= 0.6 is 0 Å². The number of hydrogen-bond acceptors (Lipinski definition) is 6. The highest BCUT2D eigenvalue weighted by molar-refractivity contribution is 5.99. The SMILES string of the molecule is COCc1c(C(=O)NNc2ccc(C(F)(F)F)cc2[N+](=O)[O-])oc2ccccc12. The van der Waals surface area contributed by atoms with Crippen molar-refractivity contribution < 1.29 is 32.0 Å². The highest BCUT2D eigenvalue weighted by atomic mass is 19.4. The molecule has 152 valence electrons. The predicted octanol–water partition coefficient (Wildman–Crippen LogP) is 4.26. The van der Waals surface area contributed by atoms with Gasteiger partial charge in [-0.3, -0.25) is 25.8 Å². The lowest BCUT2D eigenvalue weighted by molar-refractivity contribution is -0.384. The number of para-hydroxylation sites is 1. The fourth-order valence-electron chi connectivity index (χ4n) is 2.72. The molecule has 0 unspecified atom stereocenters. The molecule has 0 aliphatic carbocycles. The molecule has 0 spiro atoms. The Hall–Kier alpha value is -3.60. The van der Waals surface area contributed by atoms with E-state index in [1.807, 2.05) is 0 Å². The lowest BCUT2D eigenvalue weighted by Gasteiger charge is -2.11. The van der Waals surface area contributed by atoms with Crippen LogP contribution in [0.25, 0.3) is 11.0 Å². The van der Waals surface area contributed by atoms with Gasteiger partial charge < -0.3 is 9.15 Å². The normalized spacial score (nSPS) is 11.4. The Morgan fingerprint density at radius 1 is 1.24 bits per heavy atom. The molecule has 0 atom stereocenters. The number of nitrogens with one attached hydrogen (secondary N) is 2. The number of benzene rings is 2. The zero-order valence-electron chi connectivity index (χ0n) is 14.9. The molecule has 1 aromatic heterocycles. The number of alkyl halides is 3. The van der Waals surface area contributed by atoms with E-state index in [1.54, 1.807) is 24.3 Å². The number of fused-ring (bicyclic) bond motifs is 1. The maximum absolute atomic E-state index is 12.8. The number of carbonyl (C=O) groups is 1. The topological polar surface area (TPSA) is 107 Å². The van der Waals surface area contributed by atoms with Crippen LogP contribution in [0.2, 0.25) is 0 Å². The van der Waals surface area contributed by atoms with E-state index in [1.165, 1.54) is 7.11 Å². The summed E-state index contributed by atoms with van der Waals surface area (Å²) >= 11 is 0. The average molecular weight is 409 g/mol. The number of halogens is 3. The van der Waals surface area contributed by atoms with Crippen LogP contribution in [0.1, 0.15) is 21.7 Å². The molecule has 2 aromatic carbocycles. The molecule has 1 heterocycles. The maximum atomic E-state index is 12.8. The number of methoxy groups -OCH3 is 1. The van der Waals surface area contributed by atoms with Crippen molar-refractivity contribution >= 4 is 28.3 Å². The van der Waals surface area contributed by atoms with Crippen molar-refractivity contribution in [3.8, 4) is 0 Å². The van der Waals surface area contributed by atoms with Gasteiger partial charge in [-0.05, 0) is 18.2 Å². The van der Waals surface area contributed by atoms with Crippen molar-refractivity contribution in [3.05, 3.63) is 69.5 Å². The van der Waals surface area contributed by atoms with Crippen LogP contribution in [0.3, 0.4) is 0 Å². The van der Waals surface area contributed by atoms with Crippen LogP contribution in [-0.4, -0.2) is 17.9 Å². The number of carbonyl (C=O) groups excluding carboxylic acids is 1. The molecule has 1 amide bonds. The molecule has 8 nitrogen and oxygen atoms in total. The summed E-state index contributed by atoms with van der Waals surface area (Å²) in [6, 6.07) is 8.76. The van der Waals surface area contributed by atoms with Gasteiger partial charge in [0, 0.05) is 24.1 Å². The molecule has 2 N–H and O–H groups in total. The first kappa shape index (κ1) is 20.1. The molecule has 11 heteroatoms. The van der Waals surface area contributed by atoms with Gasteiger partial charge in [0.15, 0.2) is 5.76 Å². The molecule has 0 aliphatic heterocycles. The van der Waals surface area contributed by atoms with Crippen LogP contribution in [0, 0.1) is 10.1 Å². The quantitative estimate of drug-likeness (QED) is 0.465. The monoisotopic (exact) mass is 409 g/mol. The lowest BCUT2D eigenvalue weighted by atomic mass is 10.1. The number of nitro benzene ring substituents is 1. The molecule has 0 saturated carbocycles. The van der Waals surface area contributed by atoms with E-state index in [2.05, 4.69) is 10.9 Å². The third kappa shape index (κ3) is 4.14. The second-order valence-corrected chi connectivity index (χ2v) is 5.90. The summed E-state index contributed by atoms with van der Waals surface area (Å²) in [5.74, 6) is -0.863. The largest absolute Gasteiger partial charge is 0.450 e. The Morgan fingerprint density at radius 2 is 1.97 bits per heavy atom. The Labute approximate surface area is 161 Å². The number of amides is 1. The van der Waals surface area contributed by atoms with Crippen LogP contribution in [-0.2, 0) is 17.5 Å². The number of ether oxygens (including phenoxy) is 1. The third-order valence-electron chi connectivity index (χ3n) is 4.03. The Morgan fingerprint density at radius 3 is 2.62 bits per heavy atom. The van der Waals surface area contributed by atoms with Gasteiger partial charge in [0.25, 0.3) is 5.69 Å². The van der Waals surface area contributed by atoms with Gasteiger partial charge in [-0.1, -0.05) is 18.2 Å². The van der Waals surface area contributed by atoms with E-state index in [4.69, 9.17) is 9.15 Å². The van der Waals surface area contributed by atoms with E-state index in [0.29, 0.717) is 28.7 Å². The predicted molar refractivity (Wildman–Crippen MR) is 96.1 cm³/mol. The van der Waals surface area contributed by atoms with Crippen molar-refractivity contribution in [2.24, 2.45) is 0 Å². The average Bonchev–Trinajstić information content (AvgIpc) is 3.04. The molecule has 0 saturated heterocycles. The summed E-state index contributed by atoms with van der Waals surface area (Å²) in [5, 5.41) is 11.8. The molecular formula is C18H14F3N3O5. The summed E-state index contributed by atoms with van der Waals surface area (Å²) in [5.41, 5.74) is 3.03. The number of furan rings is 1. The van der Waals surface area contributed by atoms with Crippen LogP contribution in [0.15, 0.2) is 46.9 Å². The molecule has 3 rings (SSSR count). The zero-order valence-corrected chi connectivity index (χ0v) is 14.9. The zero-order chi connectivity index (χ0) is 21.2. The second kappa shape index (κ2) is 7.80. The summed E-state index contributed by atoms with van der Waals surface area (Å²) in [7, 11) is 1.44. The molecule has 3 aromatic rings. The van der Waals surface area contributed by atoms with Crippen molar-refractivity contribution in [1.82, 2.24) is 5.43 Å². The standard InChI is InChI=1S/C18H14F3N3O5/c1-28-9-12-11-4-2-3-5-15(11)29-16(12)17(25)23-22-13-7-6-10(18(19,20)21)8-14(13)24(26)27/h2-8,22H,9H2,1H3,(H,23,25). The van der Waals surface area contributed by atoms with Crippen molar-refractivity contribution in [3.63, 3.8) is 0 Å². The number of hydrazine groups is 1. The second-order valence-electron chi connectivity index (χ2n) is 5.90. The number of nitro groups is 1. The van der Waals surface area contributed by atoms with Gasteiger partial charge in [0.1, 0.15) is 11.3 Å². The number of nitrogens with zero attached hydrogens (tertiary/aromatic N) is 1. The Kier molecular flexibility index (Phi) is 5.41. The van der Waals surface area contributed by atoms with Crippen LogP contribution < -0.4 is 10.9 Å². The van der Waals surface area contributed by atoms with Crippen LogP contribution in [0.5, 0.6) is 0 Å². The van der Waals surface area contributed by atoms with Gasteiger partial charge >= 0.3 is 12.1 Å². The van der Waals surface area contributed by atoms with E-state index in [0.717, 1.165) is 6.07 Å². The minimum absolute atomic E-state index is 0.0696. The van der Waals surface area contributed by atoms with Crippen LogP contribution in [0.4, 0.5) is 24.5 Å². The van der Waals surface area contributed by atoms with E-state index >= 15 is 0 Å². The fourth-order valence-corrected chi connectivity index (χ4v) is 2.72. The fraction of sp³-hybridized carbons (Fsp3) is 0.167. The molecule has 0 aliphatic rings. The molecule has 0 bridgehead atoms. The van der Waals surface area contributed by atoms with E-state index in [-0.39, 0.29) is 18.1 Å². The first-order chi connectivity index (χ1) is 13.7. The van der Waals surface area contributed by atoms with Gasteiger partial charge in [-0.2, -0.15) is 13.2 Å². The number of anilines is 1. The van der Waals surface area contributed by atoms with Gasteiger partial charge in [-0.25, -0.2) is 0 Å². The lowest BCUT2D eigenvalue weighted by Crippen LogP contribution is -2.30. The number of hydrogen-bond donors (Lipinski definition) is 2. The minimum Gasteiger partial charge on any atom is -0.450 e. The summed E-state index contributed by atoms with van der Waals surface area (Å²) in [6.45, 7) is 0.0696. The highest BCUT2D eigenvalue weighted by Crippen LogP contribution is 2.35. The first-order valence-corrected chi connectivity index (χ1v) is 8.13. The first-order valence-electron chi connectivity index (χ1n) is 8.13. The Bertz CT molecular complexity index is 1080. The van der Waals surface area contributed by atoms with E-state index in [9.17, 15) is 28.1 Å². The summed E-state index contributed by atoms with van der Waals surface area (Å²) in [6.07, 6.45) is -4.74. The minimum atomic E-state index is -4.74. The molecule has 0 fully saturated rings. The van der Waals surface area contributed by atoms with Gasteiger partial charge in [0.05, 0.1) is 17.1 Å². The number of rotatable bonds is 6. The Balaban J connectivity index is 1.87. The van der Waals surface area contributed by atoms with Crippen molar-refractivity contribution in [1.29, 1.82) is 0 Å². The van der Waals surface area contributed by atoms with Crippen molar-refractivity contribution in [2.45, 2.75) is 12.8 Å². The highest BCUT2D eigenvalue weighted by Gasteiger charge is 2.33. The third-order valence-corrected chi connectivity index (χ3v) is 4.03. The maximum Gasteiger partial charge on any atom is 0.416 e. The van der Waals surface area contributed by atoms with Gasteiger partial charge in [-0.15, -0.1) is 0 Å². The summed E-state index contributed by atoms with van der Waals surface area (Å²) < 4.78 is 49.0. The molecule has 0 radical (unpaired) electrons. The molecule has 29 heavy (non-hydrogen) atoms. The van der Waals surface area contributed by atoms with Gasteiger partial charge in [0.2, 0.25) is 0 Å².